The summed E-state index contributed by atoms with van der Waals surface area (Å²) in [6, 6.07) is 20.0. The summed E-state index contributed by atoms with van der Waals surface area (Å²) in [7, 11) is 1.29. The molecule has 2 unspecified atom stereocenters. The lowest BCUT2D eigenvalue weighted by Gasteiger charge is -2.45. The van der Waals surface area contributed by atoms with E-state index in [1.165, 1.54) is 7.11 Å². The third-order valence-corrected chi connectivity index (χ3v) is 7.75. The van der Waals surface area contributed by atoms with E-state index in [9.17, 15) is 14.4 Å². The Hall–Kier alpha value is -5.06. The van der Waals surface area contributed by atoms with Gasteiger partial charge in [-0.15, -0.1) is 0 Å². The van der Waals surface area contributed by atoms with Crippen molar-refractivity contribution in [3.05, 3.63) is 83.4 Å². The quantitative estimate of drug-likeness (QED) is 0.280. The molecule has 11 heteroatoms. The molecule has 1 spiro atoms. The van der Waals surface area contributed by atoms with Crippen molar-refractivity contribution in [2.24, 2.45) is 0 Å². The van der Waals surface area contributed by atoms with Gasteiger partial charge in [0.2, 0.25) is 5.91 Å². The van der Waals surface area contributed by atoms with Crippen molar-refractivity contribution < 1.29 is 28.4 Å². The van der Waals surface area contributed by atoms with Crippen molar-refractivity contribution in [3.63, 3.8) is 0 Å². The molecule has 42 heavy (non-hydrogen) atoms. The number of anilines is 3. The predicted octanol–water partition coefficient (Wildman–Crippen LogP) is 5.42. The van der Waals surface area contributed by atoms with Crippen molar-refractivity contribution in [2.45, 2.75) is 37.8 Å². The van der Waals surface area contributed by atoms with E-state index in [0.29, 0.717) is 54.0 Å². The fraction of sp³-hybridized carbons (Fsp3) is 0.290. The average molecular weight is 570 g/mol. The van der Waals surface area contributed by atoms with Crippen LogP contribution in [0, 0.1) is 6.92 Å². The number of hydrogen-bond donors (Lipinski definition) is 3. The van der Waals surface area contributed by atoms with Crippen LogP contribution in [0.25, 0.3) is 11.0 Å². The molecule has 4 aromatic rings. The molecular weight excluding hydrogens is 538 g/mol. The largest absolute Gasteiger partial charge is 0.453 e. The van der Waals surface area contributed by atoms with E-state index in [2.05, 4.69) is 25.8 Å². The zero-order chi connectivity index (χ0) is 29.3. The Balaban J connectivity index is 1.29. The van der Waals surface area contributed by atoms with E-state index in [0.717, 1.165) is 16.7 Å². The van der Waals surface area contributed by atoms with Gasteiger partial charge in [0.1, 0.15) is 6.04 Å². The summed E-state index contributed by atoms with van der Waals surface area (Å²) in [4.78, 5) is 40.2. The van der Waals surface area contributed by atoms with E-state index >= 15 is 0 Å². The molecule has 11 nitrogen and oxygen atoms in total. The standard InChI is InChI=1S/C31H31N5O6/c1-19-9-12-24-23(15-19)31(41-30(39)34-24)13-6-14-36(18-31)28(37)25(16-20-7-4-3-5-8-20)33-27-22-11-10-21(32-29(38)40-2)17-26(22)42-35-27/h3-5,7-12,15,17,25H,6,13-14,16,18H2,1-2H3,(H,32,38)(H,33,35)(H,34,39). The highest BCUT2D eigenvalue weighted by Crippen LogP contribution is 2.43. The average Bonchev–Trinajstić information content (AvgIpc) is 3.39. The van der Waals surface area contributed by atoms with Crippen LogP contribution in [0.1, 0.15) is 29.5 Å². The molecular formula is C31H31N5O6. The number of rotatable bonds is 6. The van der Waals surface area contributed by atoms with Crippen LogP contribution >= 0.6 is 0 Å². The van der Waals surface area contributed by atoms with Crippen molar-refractivity contribution in [1.82, 2.24) is 10.1 Å². The van der Waals surface area contributed by atoms with Gasteiger partial charge in [0.15, 0.2) is 17.0 Å². The van der Waals surface area contributed by atoms with Crippen LogP contribution < -0.4 is 16.0 Å². The van der Waals surface area contributed by atoms with Crippen LogP contribution in [0.5, 0.6) is 0 Å². The topological polar surface area (TPSA) is 135 Å². The van der Waals surface area contributed by atoms with Gasteiger partial charge in [-0.1, -0.05) is 47.1 Å². The normalized spacial score (nSPS) is 18.5. The monoisotopic (exact) mass is 569 g/mol. The molecule has 1 aromatic heterocycles. The lowest BCUT2D eigenvalue weighted by molar-refractivity contribution is -0.139. The van der Waals surface area contributed by atoms with Crippen LogP contribution in [-0.2, 0) is 26.3 Å². The number of methoxy groups -OCH3 is 1. The zero-order valence-corrected chi connectivity index (χ0v) is 23.3. The number of aromatic nitrogens is 1. The highest BCUT2D eigenvalue weighted by molar-refractivity contribution is 5.95. The summed E-state index contributed by atoms with van der Waals surface area (Å²) < 4.78 is 16.1. The van der Waals surface area contributed by atoms with Crippen molar-refractivity contribution in [2.75, 3.05) is 36.1 Å². The Labute approximate surface area is 242 Å². The van der Waals surface area contributed by atoms with Gasteiger partial charge in [-0.3, -0.25) is 15.4 Å². The molecule has 2 aliphatic heterocycles. The number of fused-ring (bicyclic) bond motifs is 3. The van der Waals surface area contributed by atoms with Crippen LogP contribution in [0.15, 0.2) is 71.3 Å². The van der Waals surface area contributed by atoms with E-state index in [1.807, 2.05) is 55.5 Å². The fourth-order valence-electron chi connectivity index (χ4n) is 5.75. The third kappa shape index (κ3) is 5.32. The van der Waals surface area contributed by atoms with E-state index < -0.39 is 23.8 Å². The molecule has 0 bridgehead atoms. The number of amides is 3. The molecule has 216 valence electrons. The summed E-state index contributed by atoms with van der Waals surface area (Å²) in [5, 5.41) is 13.6. The second-order valence-corrected chi connectivity index (χ2v) is 10.7. The third-order valence-electron chi connectivity index (χ3n) is 7.75. The minimum Gasteiger partial charge on any atom is -0.453 e. The van der Waals surface area contributed by atoms with Gasteiger partial charge in [-0.2, -0.15) is 0 Å². The maximum atomic E-state index is 14.2. The molecule has 0 saturated carbocycles. The van der Waals surface area contributed by atoms with Crippen molar-refractivity contribution >= 4 is 46.3 Å². The molecule has 0 radical (unpaired) electrons. The molecule has 1 fully saturated rings. The van der Waals surface area contributed by atoms with Gasteiger partial charge in [0.25, 0.3) is 0 Å². The molecule has 1 saturated heterocycles. The summed E-state index contributed by atoms with van der Waals surface area (Å²) in [5.41, 5.74) is 3.59. The molecule has 6 rings (SSSR count). The Bertz CT molecular complexity index is 1650. The second kappa shape index (κ2) is 11.1. The number of carbonyl (C=O) groups excluding carboxylic acids is 3. The number of nitrogens with zero attached hydrogens (tertiary/aromatic N) is 2. The summed E-state index contributed by atoms with van der Waals surface area (Å²) in [6.07, 6.45) is 0.573. The van der Waals surface area contributed by atoms with Gasteiger partial charge in [-0.05, 0) is 49.6 Å². The van der Waals surface area contributed by atoms with E-state index in [1.54, 1.807) is 23.1 Å². The lowest BCUT2D eigenvalue weighted by Crippen LogP contribution is -2.56. The van der Waals surface area contributed by atoms with Gasteiger partial charge < -0.3 is 24.2 Å². The Kier molecular flexibility index (Phi) is 7.15. The Morgan fingerprint density at radius 2 is 1.98 bits per heavy atom. The molecule has 3 N–H and O–H groups in total. The number of likely N-dealkylation sites (tertiary alicyclic amines) is 1. The van der Waals surface area contributed by atoms with E-state index in [4.69, 9.17) is 9.26 Å². The smallest absolute Gasteiger partial charge is 0.412 e. The SMILES string of the molecule is COC(=O)Nc1ccc2c(NC(Cc3ccccc3)C(=O)N3CCCC4(C3)OC(=O)Nc3ccc(C)cc34)noc2c1. The zero-order valence-electron chi connectivity index (χ0n) is 23.3. The minimum absolute atomic E-state index is 0.137. The summed E-state index contributed by atoms with van der Waals surface area (Å²) in [6.45, 7) is 2.76. The first-order valence-electron chi connectivity index (χ1n) is 13.8. The maximum Gasteiger partial charge on any atom is 0.412 e. The lowest BCUT2D eigenvalue weighted by atomic mass is 9.82. The number of hydrogen-bond acceptors (Lipinski definition) is 8. The molecule has 2 aliphatic rings. The number of piperidine rings is 1. The van der Waals surface area contributed by atoms with Gasteiger partial charge in [0, 0.05) is 30.3 Å². The Morgan fingerprint density at radius 1 is 1.14 bits per heavy atom. The van der Waals surface area contributed by atoms with Crippen LogP contribution in [0.4, 0.5) is 26.8 Å². The van der Waals surface area contributed by atoms with Gasteiger partial charge in [0.05, 0.1) is 24.7 Å². The van der Waals surface area contributed by atoms with Crippen LogP contribution in [0.3, 0.4) is 0 Å². The maximum absolute atomic E-state index is 14.2. The highest BCUT2D eigenvalue weighted by Gasteiger charge is 2.47. The minimum atomic E-state index is -0.932. The van der Waals surface area contributed by atoms with Crippen LogP contribution in [-0.4, -0.2) is 54.4 Å². The number of ether oxygens (including phenoxy) is 2. The number of carbonyl (C=O) groups is 3. The number of benzene rings is 3. The molecule has 3 aromatic carbocycles. The first-order chi connectivity index (χ1) is 20.3. The van der Waals surface area contributed by atoms with Crippen molar-refractivity contribution in [3.8, 4) is 0 Å². The second-order valence-electron chi connectivity index (χ2n) is 10.7. The number of aryl methyl sites for hydroxylation is 1. The molecule has 0 aliphatic carbocycles. The summed E-state index contributed by atoms with van der Waals surface area (Å²) >= 11 is 0. The number of nitrogens with one attached hydrogen (secondary N) is 3. The van der Waals surface area contributed by atoms with Gasteiger partial charge >= 0.3 is 12.2 Å². The Morgan fingerprint density at radius 3 is 2.79 bits per heavy atom. The molecule has 2 atom stereocenters. The highest BCUT2D eigenvalue weighted by atomic mass is 16.6. The van der Waals surface area contributed by atoms with Crippen LogP contribution in [0.2, 0.25) is 0 Å². The van der Waals surface area contributed by atoms with Crippen molar-refractivity contribution in [1.29, 1.82) is 0 Å². The molecule has 3 amide bonds. The molecule has 3 heterocycles. The first-order valence-corrected chi connectivity index (χ1v) is 13.8. The van der Waals surface area contributed by atoms with Gasteiger partial charge in [-0.25, -0.2) is 9.59 Å². The fourth-order valence-corrected chi connectivity index (χ4v) is 5.75. The summed E-state index contributed by atoms with van der Waals surface area (Å²) in [5.74, 6) is 0.270. The first kappa shape index (κ1) is 27.1. The predicted molar refractivity (Wildman–Crippen MR) is 156 cm³/mol. The van der Waals surface area contributed by atoms with E-state index in [-0.39, 0.29) is 12.5 Å².